The number of rotatable bonds is 3. The Hall–Kier alpha value is -1.80. The highest BCUT2D eigenvalue weighted by Gasteiger charge is 2.45. The lowest BCUT2D eigenvalue weighted by molar-refractivity contribution is -0.0405. The van der Waals surface area contributed by atoms with Crippen molar-refractivity contribution in [1.29, 1.82) is 0 Å². The predicted octanol–water partition coefficient (Wildman–Crippen LogP) is 1.26. The number of hydrogen-bond donors (Lipinski definition) is 1. The van der Waals surface area contributed by atoms with Crippen LogP contribution in [0.5, 0.6) is 0 Å². The number of hydrogen-bond acceptors (Lipinski definition) is 6. The fourth-order valence-corrected chi connectivity index (χ4v) is 3.97. The topological polar surface area (TPSA) is 84.8 Å². The lowest BCUT2D eigenvalue weighted by Crippen LogP contribution is -2.54. The summed E-state index contributed by atoms with van der Waals surface area (Å²) in [6.45, 7) is 9.78. The molecule has 2 aliphatic rings. The summed E-state index contributed by atoms with van der Waals surface area (Å²) in [5.41, 5.74) is 2.36. The lowest BCUT2D eigenvalue weighted by atomic mass is 9.80. The van der Waals surface area contributed by atoms with Gasteiger partial charge in [0.15, 0.2) is 5.82 Å². The van der Waals surface area contributed by atoms with Crippen molar-refractivity contribution in [3.05, 3.63) is 23.5 Å². The molecule has 136 valence electrons. The number of imidazole rings is 1. The van der Waals surface area contributed by atoms with Crippen LogP contribution in [0.1, 0.15) is 50.8 Å². The van der Waals surface area contributed by atoms with E-state index < -0.39 is 0 Å². The van der Waals surface area contributed by atoms with Gasteiger partial charge in [-0.05, 0) is 38.8 Å². The molecule has 0 aromatic carbocycles. The van der Waals surface area contributed by atoms with E-state index in [2.05, 4.69) is 51.0 Å². The van der Waals surface area contributed by atoms with Crippen LogP contribution in [-0.4, -0.2) is 61.4 Å². The molecule has 2 aromatic rings. The van der Waals surface area contributed by atoms with E-state index in [1.807, 2.05) is 6.33 Å². The minimum absolute atomic E-state index is 0.00808. The van der Waals surface area contributed by atoms with Crippen LogP contribution in [0.15, 0.2) is 6.33 Å². The highest BCUT2D eigenvalue weighted by atomic mass is 16.5. The van der Waals surface area contributed by atoms with Gasteiger partial charge in [-0.25, -0.2) is 4.98 Å². The second-order valence-electron chi connectivity index (χ2n) is 8.03. The van der Waals surface area contributed by atoms with Crippen molar-refractivity contribution >= 4 is 0 Å². The average Bonchev–Trinajstić information content (AvgIpc) is 3.24. The second kappa shape index (κ2) is 6.17. The van der Waals surface area contributed by atoms with Gasteiger partial charge in [-0.1, -0.05) is 0 Å². The molecule has 1 spiro atoms. The number of tetrazole rings is 1. The van der Waals surface area contributed by atoms with E-state index in [9.17, 15) is 0 Å². The first-order valence-electron chi connectivity index (χ1n) is 9.14. The minimum atomic E-state index is -0.137. The van der Waals surface area contributed by atoms with E-state index in [0.29, 0.717) is 0 Å². The van der Waals surface area contributed by atoms with E-state index in [4.69, 9.17) is 4.74 Å². The van der Waals surface area contributed by atoms with Crippen molar-refractivity contribution in [3.8, 4) is 0 Å². The summed E-state index contributed by atoms with van der Waals surface area (Å²) in [4.78, 5) is 12.3. The Morgan fingerprint density at radius 2 is 2.08 bits per heavy atom. The van der Waals surface area contributed by atoms with Crippen molar-refractivity contribution in [2.45, 2.75) is 57.5 Å². The maximum Gasteiger partial charge on any atom is 0.176 e. The van der Waals surface area contributed by atoms with Gasteiger partial charge in [0.1, 0.15) is 0 Å². The minimum Gasteiger partial charge on any atom is -0.381 e. The average molecular weight is 345 g/mol. The Bertz CT molecular complexity index is 723. The summed E-state index contributed by atoms with van der Waals surface area (Å²) in [5, 5.41) is 13.0. The van der Waals surface area contributed by atoms with Crippen LogP contribution < -0.4 is 0 Å². The van der Waals surface area contributed by atoms with Gasteiger partial charge in [0.05, 0.1) is 23.1 Å². The zero-order chi connectivity index (χ0) is 17.5. The molecular weight excluding hydrogens is 318 g/mol. The fraction of sp³-hybridized carbons (Fsp3) is 0.765. The number of nitrogens with zero attached hydrogens (tertiary/aromatic N) is 6. The number of fused-ring (bicyclic) bond motifs is 2. The molecule has 0 amide bonds. The van der Waals surface area contributed by atoms with E-state index in [-0.39, 0.29) is 11.1 Å². The van der Waals surface area contributed by atoms with Crippen LogP contribution in [0.2, 0.25) is 0 Å². The van der Waals surface area contributed by atoms with Crippen molar-refractivity contribution in [1.82, 2.24) is 35.1 Å². The molecule has 8 heteroatoms. The predicted molar refractivity (Wildman–Crippen MR) is 92.1 cm³/mol. The molecule has 0 aliphatic carbocycles. The lowest BCUT2D eigenvalue weighted by Gasteiger charge is -2.48. The molecule has 8 nitrogen and oxygen atoms in total. The highest BCUT2D eigenvalue weighted by molar-refractivity contribution is 5.26. The highest BCUT2D eigenvalue weighted by Crippen LogP contribution is 2.41. The maximum atomic E-state index is 5.64. The van der Waals surface area contributed by atoms with E-state index in [0.717, 1.165) is 57.8 Å². The molecule has 1 fully saturated rings. The Balaban J connectivity index is 1.52. The number of ether oxygens (including phenoxy) is 1. The molecular formula is C17H27N7O. The Kier molecular flexibility index (Phi) is 4.11. The quantitative estimate of drug-likeness (QED) is 0.901. The van der Waals surface area contributed by atoms with Crippen LogP contribution in [-0.2, 0) is 28.7 Å². The maximum absolute atomic E-state index is 5.64. The van der Waals surface area contributed by atoms with Gasteiger partial charge in [-0.15, -0.1) is 10.2 Å². The second-order valence-corrected chi connectivity index (χ2v) is 8.03. The van der Waals surface area contributed by atoms with E-state index in [1.165, 1.54) is 11.4 Å². The Labute approximate surface area is 148 Å². The van der Waals surface area contributed by atoms with Crippen LogP contribution in [0.3, 0.4) is 0 Å². The zero-order valence-corrected chi connectivity index (χ0v) is 15.3. The van der Waals surface area contributed by atoms with Gasteiger partial charge in [-0.2, -0.15) is 4.80 Å². The molecule has 0 atom stereocenters. The van der Waals surface area contributed by atoms with Gasteiger partial charge in [0, 0.05) is 44.8 Å². The summed E-state index contributed by atoms with van der Waals surface area (Å²) in [6, 6.07) is 0. The molecule has 0 saturated carbocycles. The molecule has 0 bridgehead atoms. The molecule has 2 aliphatic heterocycles. The molecule has 4 heterocycles. The first-order valence-corrected chi connectivity index (χ1v) is 9.14. The number of aromatic amines is 1. The third kappa shape index (κ3) is 2.97. The van der Waals surface area contributed by atoms with E-state index in [1.54, 1.807) is 4.80 Å². The van der Waals surface area contributed by atoms with Crippen LogP contribution >= 0.6 is 0 Å². The van der Waals surface area contributed by atoms with Gasteiger partial charge in [-0.3, -0.25) is 4.90 Å². The van der Waals surface area contributed by atoms with Crippen molar-refractivity contribution in [3.63, 3.8) is 0 Å². The number of aromatic nitrogens is 6. The Morgan fingerprint density at radius 3 is 2.80 bits per heavy atom. The van der Waals surface area contributed by atoms with Gasteiger partial charge >= 0.3 is 0 Å². The third-order valence-corrected chi connectivity index (χ3v) is 5.38. The SMILES string of the molecule is CC(C)(C)n1nnc(CCN2CCc3[nH]cnc3C23CCOCC3)n1. The summed E-state index contributed by atoms with van der Waals surface area (Å²) in [6.07, 6.45) is 5.64. The summed E-state index contributed by atoms with van der Waals surface area (Å²) in [5.74, 6) is 0.810. The number of nitrogens with one attached hydrogen (secondary N) is 1. The molecule has 1 saturated heterocycles. The fourth-order valence-electron chi connectivity index (χ4n) is 3.97. The smallest absolute Gasteiger partial charge is 0.176 e. The first kappa shape index (κ1) is 16.7. The molecule has 0 radical (unpaired) electrons. The summed E-state index contributed by atoms with van der Waals surface area (Å²) < 4.78 is 5.64. The monoisotopic (exact) mass is 345 g/mol. The zero-order valence-electron chi connectivity index (χ0n) is 15.3. The largest absolute Gasteiger partial charge is 0.381 e. The molecule has 2 aromatic heterocycles. The van der Waals surface area contributed by atoms with Crippen LogP contribution in [0, 0.1) is 0 Å². The summed E-state index contributed by atoms with van der Waals surface area (Å²) >= 11 is 0. The first-order chi connectivity index (χ1) is 12.0. The van der Waals surface area contributed by atoms with Gasteiger partial charge < -0.3 is 9.72 Å². The van der Waals surface area contributed by atoms with Crippen molar-refractivity contribution in [2.75, 3.05) is 26.3 Å². The normalized spacial score (nSPS) is 20.8. The summed E-state index contributed by atoms with van der Waals surface area (Å²) in [7, 11) is 0. The third-order valence-electron chi connectivity index (χ3n) is 5.38. The molecule has 4 rings (SSSR count). The van der Waals surface area contributed by atoms with Gasteiger partial charge in [0.2, 0.25) is 0 Å². The number of H-pyrrole nitrogens is 1. The van der Waals surface area contributed by atoms with Crippen LogP contribution in [0.25, 0.3) is 0 Å². The Morgan fingerprint density at radius 1 is 1.28 bits per heavy atom. The molecule has 0 unspecified atom stereocenters. The van der Waals surface area contributed by atoms with Crippen molar-refractivity contribution < 1.29 is 4.74 Å². The molecule has 25 heavy (non-hydrogen) atoms. The van der Waals surface area contributed by atoms with Crippen molar-refractivity contribution in [2.24, 2.45) is 0 Å². The van der Waals surface area contributed by atoms with Gasteiger partial charge in [0.25, 0.3) is 0 Å². The van der Waals surface area contributed by atoms with Crippen LogP contribution in [0.4, 0.5) is 0 Å². The standard InChI is InChI=1S/C17H27N7O/c1-16(2,3)24-21-14(20-22-24)5-9-23-8-4-13-15(19-12-18-13)17(23)6-10-25-11-7-17/h12H,4-11H2,1-3H3,(H,18,19). The van der Waals surface area contributed by atoms with E-state index >= 15 is 0 Å². The molecule has 1 N–H and O–H groups in total.